The van der Waals surface area contributed by atoms with Crippen molar-refractivity contribution in [1.29, 1.82) is 0 Å². The molecule has 0 saturated heterocycles. The number of nitrogens with one attached hydrogen (secondary N) is 1. The highest BCUT2D eigenvalue weighted by Crippen LogP contribution is 2.17. The van der Waals surface area contributed by atoms with Gasteiger partial charge in [-0.15, -0.1) is 0 Å². The third kappa shape index (κ3) is 4.14. The minimum Gasteiger partial charge on any atom is -0.348 e. The molecular weight excluding hydrogens is 366 g/mol. The van der Waals surface area contributed by atoms with E-state index in [1.54, 1.807) is 42.2 Å². The van der Waals surface area contributed by atoms with Crippen molar-refractivity contribution in [3.05, 3.63) is 101 Å². The molecule has 1 N–H and O–H groups in total. The molecule has 0 radical (unpaired) electrons. The van der Waals surface area contributed by atoms with E-state index < -0.39 is 0 Å². The molecule has 4 aromatic rings. The predicted octanol–water partition coefficient (Wildman–Crippen LogP) is 2.56. The van der Waals surface area contributed by atoms with E-state index in [2.05, 4.69) is 15.5 Å². The van der Waals surface area contributed by atoms with Crippen LogP contribution in [0.4, 0.5) is 0 Å². The Morgan fingerprint density at radius 3 is 2.59 bits per heavy atom. The third-order valence-electron chi connectivity index (χ3n) is 4.54. The summed E-state index contributed by atoms with van der Waals surface area (Å²) >= 11 is 0. The molecule has 2 aromatic carbocycles. The Kier molecular flexibility index (Phi) is 5.03. The molecule has 7 nitrogen and oxygen atoms in total. The van der Waals surface area contributed by atoms with E-state index >= 15 is 0 Å². The number of benzene rings is 2. The number of carbonyl (C=O) groups is 1. The van der Waals surface area contributed by atoms with Gasteiger partial charge in [-0.05, 0) is 42.0 Å². The van der Waals surface area contributed by atoms with Crippen LogP contribution in [0, 0.1) is 0 Å². The Balaban J connectivity index is 1.45. The number of hydrogen-bond acceptors (Lipinski definition) is 4. The number of aryl methyl sites for hydroxylation is 1. The van der Waals surface area contributed by atoms with Crippen molar-refractivity contribution < 1.29 is 4.79 Å². The molecule has 0 aliphatic carbocycles. The van der Waals surface area contributed by atoms with Gasteiger partial charge in [-0.25, -0.2) is 9.36 Å². The van der Waals surface area contributed by atoms with Gasteiger partial charge in [0.05, 0.1) is 11.4 Å². The Morgan fingerprint density at radius 1 is 1.03 bits per heavy atom. The number of aromatic nitrogens is 4. The van der Waals surface area contributed by atoms with Gasteiger partial charge in [-0.3, -0.25) is 9.59 Å². The van der Waals surface area contributed by atoms with Crippen LogP contribution in [0.25, 0.3) is 16.9 Å². The predicted molar refractivity (Wildman–Crippen MR) is 110 cm³/mol. The molecule has 144 valence electrons. The fourth-order valence-corrected chi connectivity index (χ4v) is 2.95. The van der Waals surface area contributed by atoms with Gasteiger partial charge < -0.3 is 5.32 Å². The first-order valence-electron chi connectivity index (χ1n) is 9.12. The van der Waals surface area contributed by atoms with E-state index in [0.29, 0.717) is 17.8 Å². The average molecular weight is 385 g/mol. The molecule has 0 aliphatic rings. The van der Waals surface area contributed by atoms with Crippen LogP contribution in [0.15, 0.2) is 83.9 Å². The topological polar surface area (TPSA) is 81.8 Å². The molecular formula is C22H19N5O2. The summed E-state index contributed by atoms with van der Waals surface area (Å²) in [6, 6.07) is 20.0. The van der Waals surface area contributed by atoms with Crippen molar-refractivity contribution >= 4 is 5.91 Å². The summed E-state index contributed by atoms with van der Waals surface area (Å²) in [4.78, 5) is 24.1. The molecule has 2 aromatic heterocycles. The fourth-order valence-electron chi connectivity index (χ4n) is 2.95. The van der Waals surface area contributed by atoms with Gasteiger partial charge in [0.15, 0.2) is 0 Å². The number of hydrogen-bond donors (Lipinski definition) is 1. The summed E-state index contributed by atoms with van der Waals surface area (Å²) in [5.74, 6) is -0.173. The fraction of sp³-hybridized carbons (Fsp3) is 0.0909. The van der Waals surface area contributed by atoms with Gasteiger partial charge in [-0.1, -0.05) is 24.3 Å². The Hall–Kier alpha value is -4.00. The number of rotatable bonds is 5. The number of nitrogens with zero attached hydrogens (tertiary/aromatic N) is 4. The van der Waals surface area contributed by atoms with Gasteiger partial charge in [-0.2, -0.15) is 10.2 Å². The lowest BCUT2D eigenvalue weighted by molar-refractivity contribution is 0.0951. The first-order chi connectivity index (χ1) is 14.1. The molecule has 0 saturated carbocycles. The zero-order valence-electron chi connectivity index (χ0n) is 15.8. The molecule has 4 rings (SSSR count). The van der Waals surface area contributed by atoms with Gasteiger partial charge in [0.25, 0.3) is 11.5 Å². The maximum Gasteiger partial charge on any atom is 0.266 e. The van der Waals surface area contributed by atoms with Gasteiger partial charge in [0.2, 0.25) is 0 Å². The smallest absolute Gasteiger partial charge is 0.266 e. The Labute approximate surface area is 167 Å². The maximum atomic E-state index is 12.6. The van der Waals surface area contributed by atoms with E-state index in [-0.39, 0.29) is 11.5 Å². The minimum atomic E-state index is -0.179. The molecule has 29 heavy (non-hydrogen) atoms. The summed E-state index contributed by atoms with van der Waals surface area (Å²) in [6.45, 7) is 0.417. The van der Waals surface area contributed by atoms with E-state index in [1.807, 2.05) is 42.6 Å². The summed E-state index contributed by atoms with van der Waals surface area (Å²) < 4.78 is 3.05. The van der Waals surface area contributed by atoms with Crippen LogP contribution in [-0.2, 0) is 13.6 Å². The average Bonchev–Trinajstić information content (AvgIpc) is 3.29. The zero-order chi connectivity index (χ0) is 20.2. The SMILES string of the molecule is Cn1nc(-c2cccc(C(=O)NCc3ccc(-n4cccn4)cc3)c2)ccc1=O. The highest BCUT2D eigenvalue weighted by atomic mass is 16.1. The minimum absolute atomic E-state index is 0.173. The highest BCUT2D eigenvalue weighted by molar-refractivity contribution is 5.95. The normalized spacial score (nSPS) is 10.7. The van der Waals surface area contributed by atoms with Crippen LogP contribution < -0.4 is 10.9 Å². The van der Waals surface area contributed by atoms with Crippen molar-refractivity contribution in [2.24, 2.45) is 7.05 Å². The van der Waals surface area contributed by atoms with E-state index in [4.69, 9.17) is 0 Å². The van der Waals surface area contributed by atoms with Gasteiger partial charge in [0.1, 0.15) is 0 Å². The summed E-state index contributed by atoms with van der Waals surface area (Å²) in [7, 11) is 1.60. The molecule has 0 bridgehead atoms. The van der Waals surface area contributed by atoms with E-state index in [9.17, 15) is 9.59 Å². The molecule has 7 heteroatoms. The van der Waals surface area contributed by atoms with Crippen LogP contribution in [0.5, 0.6) is 0 Å². The Morgan fingerprint density at radius 2 is 1.86 bits per heavy atom. The lowest BCUT2D eigenvalue weighted by Crippen LogP contribution is -2.22. The molecule has 2 heterocycles. The van der Waals surface area contributed by atoms with Crippen molar-refractivity contribution in [3.8, 4) is 16.9 Å². The molecule has 0 atom stereocenters. The van der Waals surface area contributed by atoms with Gasteiger partial charge >= 0.3 is 0 Å². The summed E-state index contributed by atoms with van der Waals surface area (Å²) in [5, 5.41) is 11.4. The van der Waals surface area contributed by atoms with Gasteiger partial charge in [0, 0.05) is 43.2 Å². The molecule has 0 aliphatic heterocycles. The lowest BCUT2D eigenvalue weighted by atomic mass is 10.1. The lowest BCUT2D eigenvalue weighted by Gasteiger charge is -2.08. The van der Waals surface area contributed by atoms with Crippen LogP contribution in [-0.4, -0.2) is 25.5 Å². The van der Waals surface area contributed by atoms with Crippen molar-refractivity contribution in [2.45, 2.75) is 6.54 Å². The zero-order valence-corrected chi connectivity index (χ0v) is 15.8. The molecule has 1 amide bonds. The second-order valence-electron chi connectivity index (χ2n) is 6.56. The van der Waals surface area contributed by atoms with Crippen LogP contribution >= 0.6 is 0 Å². The molecule has 0 fully saturated rings. The van der Waals surface area contributed by atoms with Crippen LogP contribution in [0.1, 0.15) is 15.9 Å². The third-order valence-corrected chi connectivity index (χ3v) is 4.54. The van der Waals surface area contributed by atoms with Crippen molar-refractivity contribution in [1.82, 2.24) is 24.9 Å². The standard InChI is InChI=1S/C22H19N5O2/c1-26-21(28)11-10-20(25-26)17-4-2-5-18(14-17)22(29)23-15-16-6-8-19(9-7-16)27-13-3-12-24-27/h2-14H,15H2,1H3,(H,23,29). The monoisotopic (exact) mass is 385 g/mol. The quantitative estimate of drug-likeness (QED) is 0.572. The van der Waals surface area contributed by atoms with Crippen LogP contribution in [0.2, 0.25) is 0 Å². The van der Waals surface area contributed by atoms with E-state index in [1.165, 1.54) is 10.7 Å². The van der Waals surface area contributed by atoms with Crippen molar-refractivity contribution in [3.63, 3.8) is 0 Å². The maximum absolute atomic E-state index is 12.6. The van der Waals surface area contributed by atoms with Crippen LogP contribution in [0.3, 0.4) is 0 Å². The van der Waals surface area contributed by atoms with Crippen molar-refractivity contribution in [2.75, 3.05) is 0 Å². The summed E-state index contributed by atoms with van der Waals surface area (Å²) in [5.41, 5.74) is 3.72. The summed E-state index contributed by atoms with van der Waals surface area (Å²) in [6.07, 6.45) is 3.61. The molecule has 0 spiro atoms. The number of amides is 1. The second-order valence-corrected chi connectivity index (χ2v) is 6.56. The molecule has 0 unspecified atom stereocenters. The highest BCUT2D eigenvalue weighted by Gasteiger charge is 2.09. The Bertz CT molecular complexity index is 1190. The van der Waals surface area contributed by atoms with E-state index in [0.717, 1.165) is 16.8 Å². The number of carbonyl (C=O) groups excluding carboxylic acids is 1. The second kappa shape index (κ2) is 7.93. The first-order valence-corrected chi connectivity index (χ1v) is 9.12. The largest absolute Gasteiger partial charge is 0.348 e. The first kappa shape index (κ1) is 18.4.